The number of benzene rings is 1. The molecule has 6 heteroatoms. The Kier molecular flexibility index (Phi) is 4.91. The van der Waals surface area contributed by atoms with Crippen molar-refractivity contribution in [3.8, 4) is 0 Å². The average Bonchev–Trinajstić information content (AvgIpc) is 2.28. The van der Waals surface area contributed by atoms with Crippen LogP contribution in [0.4, 0.5) is 10.5 Å². The van der Waals surface area contributed by atoms with E-state index in [4.69, 9.17) is 22.1 Å². The summed E-state index contributed by atoms with van der Waals surface area (Å²) in [6.07, 6.45) is -0.596. The van der Waals surface area contributed by atoms with Gasteiger partial charge in [-0.05, 0) is 39.0 Å². The Morgan fingerprint density at radius 3 is 2.53 bits per heavy atom. The second kappa shape index (κ2) is 6.04. The predicted molar refractivity (Wildman–Crippen MR) is 74.7 cm³/mol. The molecule has 3 N–H and O–H groups in total. The predicted octanol–water partition coefficient (Wildman–Crippen LogP) is 2.83. The molecular formula is C13H17ClN2O3. The topological polar surface area (TPSA) is 81.4 Å². The number of halogens is 1. The minimum atomic E-state index is -0.596. The number of carbonyl (C=O) groups is 2. The maximum absolute atomic E-state index is 11.6. The molecule has 0 bridgehead atoms. The highest BCUT2D eigenvalue weighted by Crippen LogP contribution is 2.21. The Hall–Kier alpha value is -1.59. The molecule has 0 heterocycles. The van der Waals surface area contributed by atoms with E-state index < -0.39 is 11.7 Å². The maximum Gasteiger partial charge on any atom is 0.412 e. The van der Waals surface area contributed by atoms with Gasteiger partial charge in [0.1, 0.15) is 5.60 Å². The number of ketones is 1. The molecule has 0 fully saturated rings. The van der Waals surface area contributed by atoms with E-state index in [9.17, 15) is 9.59 Å². The molecule has 0 aliphatic carbocycles. The fourth-order valence-corrected chi connectivity index (χ4v) is 1.57. The number of ether oxygens (including phenoxy) is 1. The zero-order valence-corrected chi connectivity index (χ0v) is 11.9. The van der Waals surface area contributed by atoms with Gasteiger partial charge >= 0.3 is 6.09 Å². The molecule has 1 amide bonds. The third-order valence-corrected chi connectivity index (χ3v) is 2.43. The monoisotopic (exact) mass is 284 g/mol. The minimum Gasteiger partial charge on any atom is -0.444 e. The van der Waals surface area contributed by atoms with E-state index in [2.05, 4.69) is 5.32 Å². The van der Waals surface area contributed by atoms with Crippen molar-refractivity contribution in [2.24, 2.45) is 5.73 Å². The lowest BCUT2D eigenvalue weighted by Gasteiger charge is -2.19. The first-order chi connectivity index (χ1) is 8.73. The van der Waals surface area contributed by atoms with Gasteiger partial charge < -0.3 is 10.5 Å². The second-order valence-corrected chi connectivity index (χ2v) is 5.36. The second-order valence-electron chi connectivity index (χ2n) is 4.95. The van der Waals surface area contributed by atoms with Crippen LogP contribution in [0.25, 0.3) is 0 Å². The van der Waals surface area contributed by atoms with Gasteiger partial charge in [-0.15, -0.1) is 0 Å². The van der Waals surface area contributed by atoms with Crippen LogP contribution < -0.4 is 11.1 Å². The Morgan fingerprint density at radius 1 is 1.37 bits per heavy atom. The van der Waals surface area contributed by atoms with E-state index in [1.54, 1.807) is 26.8 Å². The van der Waals surface area contributed by atoms with Gasteiger partial charge in [0, 0.05) is 11.3 Å². The quantitative estimate of drug-likeness (QED) is 0.836. The highest BCUT2D eigenvalue weighted by molar-refractivity contribution is 6.34. The van der Waals surface area contributed by atoms with Crippen molar-refractivity contribution in [1.29, 1.82) is 0 Å². The van der Waals surface area contributed by atoms with Crippen LogP contribution in [0.15, 0.2) is 18.2 Å². The van der Waals surface area contributed by atoms with Gasteiger partial charge in [-0.3, -0.25) is 10.1 Å². The normalized spacial score (nSPS) is 11.0. The number of amides is 1. The summed E-state index contributed by atoms with van der Waals surface area (Å²) in [4.78, 5) is 23.1. The number of anilines is 1. The van der Waals surface area contributed by atoms with Crippen molar-refractivity contribution >= 4 is 29.2 Å². The van der Waals surface area contributed by atoms with Crippen molar-refractivity contribution in [3.05, 3.63) is 28.8 Å². The molecule has 0 unspecified atom stereocenters. The lowest BCUT2D eigenvalue weighted by atomic mass is 10.1. The van der Waals surface area contributed by atoms with Gasteiger partial charge in [-0.1, -0.05) is 11.6 Å². The lowest BCUT2D eigenvalue weighted by Crippen LogP contribution is -2.27. The van der Waals surface area contributed by atoms with Crippen molar-refractivity contribution in [2.75, 3.05) is 11.9 Å². The molecular weight excluding hydrogens is 268 g/mol. The Labute approximate surface area is 117 Å². The fourth-order valence-electron chi connectivity index (χ4n) is 1.35. The molecule has 0 spiro atoms. The van der Waals surface area contributed by atoms with Crippen molar-refractivity contribution in [1.82, 2.24) is 0 Å². The molecule has 0 saturated heterocycles. The Bertz CT molecular complexity index is 495. The third-order valence-electron chi connectivity index (χ3n) is 2.10. The van der Waals surface area contributed by atoms with Crippen molar-refractivity contribution in [3.63, 3.8) is 0 Å². The molecule has 0 radical (unpaired) electrons. The molecule has 0 aromatic heterocycles. The van der Waals surface area contributed by atoms with Crippen LogP contribution in [-0.2, 0) is 4.74 Å². The largest absolute Gasteiger partial charge is 0.444 e. The summed E-state index contributed by atoms with van der Waals surface area (Å²) in [5, 5.41) is 2.83. The van der Waals surface area contributed by atoms with Crippen LogP contribution in [0.1, 0.15) is 31.1 Å². The summed E-state index contributed by atoms with van der Waals surface area (Å²) in [6, 6.07) is 4.58. The SMILES string of the molecule is CC(C)(C)OC(=O)Nc1ccc(Cl)c(C(=O)CN)c1. The summed E-state index contributed by atoms with van der Waals surface area (Å²) in [6.45, 7) is 5.14. The highest BCUT2D eigenvalue weighted by atomic mass is 35.5. The van der Waals surface area contributed by atoms with E-state index in [-0.39, 0.29) is 17.9 Å². The lowest BCUT2D eigenvalue weighted by molar-refractivity contribution is 0.0635. The molecule has 1 rings (SSSR count). The number of Topliss-reactive ketones (excluding diaryl/α,β-unsaturated/α-hetero) is 1. The maximum atomic E-state index is 11.6. The summed E-state index contributed by atoms with van der Waals surface area (Å²) in [5.41, 5.74) is 5.40. The van der Waals surface area contributed by atoms with Crippen LogP contribution in [0.3, 0.4) is 0 Å². The van der Waals surface area contributed by atoms with Crippen LogP contribution in [0, 0.1) is 0 Å². The molecule has 0 aliphatic heterocycles. The molecule has 0 saturated carbocycles. The van der Waals surface area contributed by atoms with Crippen LogP contribution in [0.2, 0.25) is 5.02 Å². The first-order valence-electron chi connectivity index (χ1n) is 5.76. The van der Waals surface area contributed by atoms with Gasteiger partial charge in [-0.2, -0.15) is 0 Å². The van der Waals surface area contributed by atoms with Crippen LogP contribution >= 0.6 is 11.6 Å². The standard InChI is InChI=1S/C13H17ClN2O3/c1-13(2,3)19-12(18)16-8-4-5-10(14)9(6-8)11(17)7-15/h4-6H,7,15H2,1-3H3,(H,16,18). The minimum absolute atomic E-state index is 0.143. The number of nitrogens with two attached hydrogens (primary N) is 1. The summed E-state index contributed by atoms with van der Waals surface area (Å²) in [5.74, 6) is -0.294. The fraction of sp³-hybridized carbons (Fsp3) is 0.385. The molecule has 19 heavy (non-hydrogen) atoms. The Morgan fingerprint density at radius 2 is 2.00 bits per heavy atom. The zero-order valence-electron chi connectivity index (χ0n) is 11.1. The van der Waals surface area contributed by atoms with E-state index >= 15 is 0 Å². The smallest absolute Gasteiger partial charge is 0.412 e. The summed E-state index contributed by atoms with van der Waals surface area (Å²) in [7, 11) is 0. The zero-order chi connectivity index (χ0) is 14.6. The van der Waals surface area contributed by atoms with Crippen LogP contribution in [0.5, 0.6) is 0 Å². The number of hydrogen-bond donors (Lipinski definition) is 2. The number of hydrogen-bond acceptors (Lipinski definition) is 4. The molecule has 1 aromatic carbocycles. The van der Waals surface area contributed by atoms with Crippen molar-refractivity contribution < 1.29 is 14.3 Å². The van der Waals surface area contributed by atoms with Gasteiger partial charge in [0.25, 0.3) is 0 Å². The van der Waals surface area contributed by atoms with E-state index in [0.29, 0.717) is 10.7 Å². The molecule has 104 valence electrons. The molecule has 1 aromatic rings. The molecule has 5 nitrogen and oxygen atoms in total. The summed E-state index contributed by atoms with van der Waals surface area (Å²) < 4.78 is 5.11. The first kappa shape index (κ1) is 15.5. The summed E-state index contributed by atoms with van der Waals surface area (Å²) >= 11 is 5.89. The number of rotatable bonds is 3. The third kappa shape index (κ3) is 4.89. The Balaban J connectivity index is 2.86. The number of nitrogens with one attached hydrogen (secondary N) is 1. The van der Waals surface area contributed by atoms with Crippen LogP contribution in [-0.4, -0.2) is 24.0 Å². The highest BCUT2D eigenvalue weighted by Gasteiger charge is 2.17. The van der Waals surface area contributed by atoms with Crippen molar-refractivity contribution in [2.45, 2.75) is 26.4 Å². The molecule has 0 aliphatic rings. The average molecular weight is 285 g/mol. The molecule has 0 atom stereocenters. The van der Waals surface area contributed by atoms with Gasteiger partial charge in [0.05, 0.1) is 11.6 Å². The van der Waals surface area contributed by atoms with E-state index in [1.165, 1.54) is 12.1 Å². The van der Waals surface area contributed by atoms with Gasteiger partial charge in [-0.25, -0.2) is 4.79 Å². The van der Waals surface area contributed by atoms with Gasteiger partial charge in [0.2, 0.25) is 0 Å². The van der Waals surface area contributed by atoms with E-state index in [0.717, 1.165) is 0 Å². The van der Waals surface area contributed by atoms with Gasteiger partial charge in [0.15, 0.2) is 5.78 Å². The first-order valence-corrected chi connectivity index (χ1v) is 6.13. The number of carbonyl (C=O) groups excluding carboxylic acids is 2. The van der Waals surface area contributed by atoms with E-state index in [1.807, 2.05) is 0 Å².